The maximum atomic E-state index is 12.7. The summed E-state index contributed by atoms with van der Waals surface area (Å²) in [5.74, 6) is -1.49. The Morgan fingerprint density at radius 1 is 0.941 bits per heavy atom. The summed E-state index contributed by atoms with van der Waals surface area (Å²) in [6.07, 6.45) is 1.19. The van der Waals surface area contributed by atoms with Crippen molar-refractivity contribution in [3.63, 3.8) is 0 Å². The summed E-state index contributed by atoms with van der Waals surface area (Å²) in [7, 11) is 0. The van der Waals surface area contributed by atoms with Gasteiger partial charge >= 0.3 is 11.7 Å². The van der Waals surface area contributed by atoms with Crippen molar-refractivity contribution in [3.8, 4) is 5.75 Å². The first-order valence-electron chi connectivity index (χ1n) is 10.0. The number of para-hydroxylation sites is 1. The standard InChI is InChI=1S/C25H16BrN3O5/c26-19-13-11-17(12-14-19)25(31)34-23-18(7-4-10-22(23)29(32)33)15-27-28-24(30)21-9-3-6-16-5-1-2-8-20(16)21/h1-15H,(H,28,30)/b27-15+. The number of rotatable bonds is 6. The van der Waals surface area contributed by atoms with Crippen LogP contribution in [0.1, 0.15) is 26.3 Å². The lowest BCUT2D eigenvalue weighted by Gasteiger charge is -2.08. The number of esters is 1. The number of benzene rings is 4. The van der Waals surface area contributed by atoms with Crippen LogP contribution >= 0.6 is 15.9 Å². The van der Waals surface area contributed by atoms with E-state index >= 15 is 0 Å². The molecule has 0 atom stereocenters. The van der Waals surface area contributed by atoms with E-state index in [1.807, 2.05) is 30.3 Å². The largest absolute Gasteiger partial charge is 0.415 e. The van der Waals surface area contributed by atoms with Crippen LogP contribution in [0.25, 0.3) is 10.8 Å². The number of nitro benzene ring substituents is 1. The SMILES string of the molecule is O=C(Oc1c(/C=N/NC(=O)c2cccc3ccccc23)cccc1[N+](=O)[O-])c1ccc(Br)cc1. The lowest BCUT2D eigenvalue weighted by atomic mass is 10.0. The van der Waals surface area contributed by atoms with Gasteiger partial charge in [-0.1, -0.05) is 58.4 Å². The molecule has 0 aliphatic heterocycles. The molecule has 0 aliphatic carbocycles. The van der Waals surface area contributed by atoms with E-state index in [2.05, 4.69) is 26.5 Å². The molecule has 8 nitrogen and oxygen atoms in total. The molecule has 4 rings (SSSR count). The molecule has 0 bridgehead atoms. The van der Waals surface area contributed by atoms with Crippen molar-refractivity contribution in [2.45, 2.75) is 0 Å². The van der Waals surface area contributed by atoms with Crippen LogP contribution in [0.3, 0.4) is 0 Å². The molecule has 1 amide bonds. The molecule has 0 aliphatic rings. The molecule has 0 aromatic heterocycles. The molecule has 4 aromatic rings. The van der Waals surface area contributed by atoms with Crippen molar-refractivity contribution in [1.29, 1.82) is 0 Å². The zero-order valence-corrected chi connectivity index (χ0v) is 19.1. The van der Waals surface area contributed by atoms with Gasteiger partial charge in [0.25, 0.3) is 5.91 Å². The molecule has 0 fully saturated rings. The smallest absolute Gasteiger partial charge is 0.343 e. The monoisotopic (exact) mass is 517 g/mol. The lowest BCUT2D eigenvalue weighted by molar-refractivity contribution is -0.385. The third-order valence-electron chi connectivity index (χ3n) is 4.90. The quantitative estimate of drug-likeness (QED) is 0.119. The number of carbonyl (C=O) groups is 2. The van der Waals surface area contributed by atoms with Crippen LogP contribution in [0.4, 0.5) is 5.69 Å². The van der Waals surface area contributed by atoms with E-state index in [-0.39, 0.29) is 16.9 Å². The van der Waals surface area contributed by atoms with Gasteiger partial charge in [0.15, 0.2) is 0 Å². The summed E-state index contributed by atoms with van der Waals surface area (Å²) in [6.45, 7) is 0. The minimum absolute atomic E-state index is 0.151. The Labute approximate surface area is 202 Å². The summed E-state index contributed by atoms with van der Waals surface area (Å²) in [5, 5.41) is 17.1. The Hall–Kier alpha value is -4.37. The molecule has 168 valence electrons. The number of hydrogen-bond donors (Lipinski definition) is 1. The van der Waals surface area contributed by atoms with Gasteiger partial charge in [-0.25, -0.2) is 10.2 Å². The predicted molar refractivity (Wildman–Crippen MR) is 131 cm³/mol. The van der Waals surface area contributed by atoms with Crippen molar-refractivity contribution < 1.29 is 19.2 Å². The third-order valence-corrected chi connectivity index (χ3v) is 5.43. The molecule has 0 spiro atoms. The minimum Gasteiger partial charge on any atom is -0.415 e. The van der Waals surface area contributed by atoms with Crippen LogP contribution in [0, 0.1) is 10.1 Å². The highest BCUT2D eigenvalue weighted by atomic mass is 79.9. The zero-order valence-electron chi connectivity index (χ0n) is 17.5. The highest BCUT2D eigenvalue weighted by Gasteiger charge is 2.22. The topological polar surface area (TPSA) is 111 Å². The van der Waals surface area contributed by atoms with Gasteiger partial charge < -0.3 is 4.74 Å². The van der Waals surface area contributed by atoms with Gasteiger partial charge in [0, 0.05) is 21.7 Å². The number of halogens is 1. The van der Waals surface area contributed by atoms with Gasteiger partial charge in [0.2, 0.25) is 5.75 Å². The number of hydrazone groups is 1. The Balaban J connectivity index is 1.59. The second kappa shape index (κ2) is 10.1. The Morgan fingerprint density at radius 2 is 1.65 bits per heavy atom. The highest BCUT2D eigenvalue weighted by Crippen LogP contribution is 2.31. The summed E-state index contributed by atoms with van der Waals surface area (Å²) in [4.78, 5) is 36.1. The van der Waals surface area contributed by atoms with Crippen LogP contribution in [0.2, 0.25) is 0 Å². The van der Waals surface area contributed by atoms with Crippen LogP contribution in [-0.4, -0.2) is 23.0 Å². The molecule has 1 N–H and O–H groups in total. The molecule has 0 radical (unpaired) electrons. The van der Waals surface area contributed by atoms with Crippen molar-refractivity contribution in [2.75, 3.05) is 0 Å². The van der Waals surface area contributed by atoms with Crippen molar-refractivity contribution in [2.24, 2.45) is 5.10 Å². The average molecular weight is 518 g/mol. The van der Waals surface area contributed by atoms with E-state index in [0.717, 1.165) is 15.2 Å². The second-order valence-corrected chi connectivity index (χ2v) is 7.99. The Kier molecular flexibility index (Phi) is 6.74. The van der Waals surface area contributed by atoms with E-state index in [9.17, 15) is 19.7 Å². The fourth-order valence-corrected chi connectivity index (χ4v) is 3.54. The molecule has 4 aromatic carbocycles. The summed E-state index contributed by atoms with van der Waals surface area (Å²) in [5.41, 5.74) is 2.81. The molecule has 34 heavy (non-hydrogen) atoms. The number of nitrogens with one attached hydrogen (secondary N) is 1. The van der Waals surface area contributed by atoms with E-state index in [0.29, 0.717) is 5.56 Å². The van der Waals surface area contributed by atoms with Crippen LogP contribution in [0.5, 0.6) is 5.75 Å². The second-order valence-electron chi connectivity index (χ2n) is 7.07. The van der Waals surface area contributed by atoms with E-state index in [1.165, 1.54) is 36.5 Å². The molecular formula is C25H16BrN3O5. The predicted octanol–water partition coefficient (Wildman–Crippen LogP) is 5.49. The van der Waals surface area contributed by atoms with Crippen LogP contribution in [-0.2, 0) is 0 Å². The van der Waals surface area contributed by atoms with Crippen molar-refractivity contribution >= 4 is 50.5 Å². The normalized spacial score (nSPS) is 10.9. The van der Waals surface area contributed by atoms with Crippen LogP contribution < -0.4 is 10.2 Å². The molecule has 0 saturated carbocycles. The molecule has 0 unspecified atom stereocenters. The first-order valence-corrected chi connectivity index (χ1v) is 10.8. The summed E-state index contributed by atoms with van der Waals surface area (Å²) in [6, 6.07) is 23.3. The van der Waals surface area contributed by atoms with E-state index in [4.69, 9.17) is 4.74 Å². The van der Waals surface area contributed by atoms with Crippen molar-refractivity contribution in [1.82, 2.24) is 5.43 Å². The maximum Gasteiger partial charge on any atom is 0.343 e. The number of nitrogens with zero attached hydrogens (tertiary/aromatic N) is 2. The van der Waals surface area contributed by atoms with Gasteiger partial charge in [-0.05, 0) is 47.2 Å². The maximum absolute atomic E-state index is 12.7. The summed E-state index contributed by atoms with van der Waals surface area (Å²) >= 11 is 3.28. The Bertz CT molecular complexity index is 1430. The van der Waals surface area contributed by atoms with Gasteiger partial charge in [0.05, 0.1) is 16.7 Å². The minimum atomic E-state index is -0.767. The highest BCUT2D eigenvalue weighted by molar-refractivity contribution is 9.10. The van der Waals surface area contributed by atoms with Crippen molar-refractivity contribution in [3.05, 3.63) is 116 Å². The number of hydrogen-bond acceptors (Lipinski definition) is 6. The fraction of sp³-hybridized carbons (Fsp3) is 0. The molecule has 0 heterocycles. The first-order chi connectivity index (χ1) is 16.4. The fourth-order valence-electron chi connectivity index (χ4n) is 3.28. The molecular weight excluding hydrogens is 502 g/mol. The van der Waals surface area contributed by atoms with Gasteiger partial charge in [-0.15, -0.1) is 0 Å². The molecule has 9 heteroatoms. The van der Waals surface area contributed by atoms with Crippen LogP contribution in [0.15, 0.2) is 94.5 Å². The van der Waals surface area contributed by atoms with E-state index < -0.39 is 22.5 Å². The van der Waals surface area contributed by atoms with E-state index in [1.54, 1.807) is 24.3 Å². The number of nitro groups is 1. The summed E-state index contributed by atoms with van der Waals surface area (Å²) < 4.78 is 6.13. The number of amides is 1. The number of carbonyl (C=O) groups excluding carboxylic acids is 2. The lowest BCUT2D eigenvalue weighted by Crippen LogP contribution is -2.18. The third kappa shape index (κ3) is 5.00. The zero-order chi connectivity index (χ0) is 24.1. The number of ether oxygens (including phenoxy) is 1. The van der Waals surface area contributed by atoms with Gasteiger partial charge in [0.1, 0.15) is 0 Å². The first kappa shape index (κ1) is 22.8. The molecule has 0 saturated heterocycles. The van der Waals surface area contributed by atoms with Gasteiger partial charge in [-0.3, -0.25) is 14.9 Å². The average Bonchev–Trinajstić information content (AvgIpc) is 2.84. The number of fused-ring (bicyclic) bond motifs is 1. The van der Waals surface area contributed by atoms with Gasteiger partial charge in [-0.2, -0.15) is 5.10 Å². The Morgan fingerprint density at radius 3 is 2.41 bits per heavy atom.